The molecule has 0 aliphatic heterocycles. The molecule has 31 heavy (non-hydrogen) atoms. The number of hydrogen-bond acceptors (Lipinski definition) is 5. The number of nitrogens with one attached hydrogen (secondary N) is 1. The molecule has 3 aromatic carbocycles. The molecule has 0 radical (unpaired) electrons. The van der Waals surface area contributed by atoms with Gasteiger partial charge in [-0.1, -0.05) is 0 Å². The minimum Gasteiger partial charge on any atom is -0.457 e. The highest BCUT2D eigenvalue weighted by molar-refractivity contribution is 6.04. The molecule has 0 bridgehead atoms. The van der Waals surface area contributed by atoms with Crippen LogP contribution < -0.4 is 20.7 Å². The SMILES string of the molecule is COC(=O)N(C)c1ccc(NC(=O)c2ccc(Oc3ccc(C(N)=O)cc3)cc2)cc1. The summed E-state index contributed by atoms with van der Waals surface area (Å²) < 4.78 is 10.4. The van der Waals surface area contributed by atoms with Gasteiger partial charge in [0.05, 0.1) is 7.11 Å². The van der Waals surface area contributed by atoms with Crippen LogP contribution in [0.25, 0.3) is 0 Å². The summed E-state index contributed by atoms with van der Waals surface area (Å²) >= 11 is 0. The van der Waals surface area contributed by atoms with E-state index in [-0.39, 0.29) is 5.91 Å². The molecule has 8 heteroatoms. The zero-order valence-corrected chi connectivity index (χ0v) is 17.0. The van der Waals surface area contributed by atoms with E-state index in [4.69, 9.17) is 10.5 Å². The molecule has 3 amide bonds. The maximum absolute atomic E-state index is 12.5. The highest BCUT2D eigenvalue weighted by Gasteiger charge is 2.11. The molecule has 0 saturated heterocycles. The van der Waals surface area contributed by atoms with Crippen molar-refractivity contribution in [1.82, 2.24) is 0 Å². The van der Waals surface area contributed by atoms with Crippen LogP contribution in [0.4, 0.5) is 16.2 Å². The van der Waals surface area contributed by atoms with Crippen molar-refractivity contribution in [2.45, 2.75) is 0 Å². The Balaban J connectivity index is 1.61. The van der Waals surface area contributed by atoms with E-state index in [2.05, 4.69) is 10.1 Å². The predicted octanol–water partition coefficient (Wildman–Crippen LogP) is 4.03. The van der Waals surface area contributed by atoms with Gasteiger partial charge in [-0.15, -0.1) is 0 Å². The number of rotatable bonds is 6. The third-order valence-corrected chi connectivity index (χ3v) is 4.45. The number of nitrogens with zero attached hydrogens (tertiary/aromatic N) is 1. The minimum absolute atomic E-state index is 0.286. The van der Waals surface area contributed by atoms with E-state index in [9.17, 15) is 14.4 Å². The Bertz CT molecular complexity index is 1080. The fourth-order valence-corrected chi connectivity index (χ4v) is 2.71. The van der Waals surface area contributed by atoms with Gasteiger partial charge in [-0.05, 0) is 72.8 Å². The number of methoxy groups -OCH3 is 1. The third-order valence-electron chi connectivity index (χ3n) is 4.45. The standard InChI is InChI=1S/C23H21N3O5/c1-26(23(29)30-2)18-9-7-17(8-10-18)25-22(28)16-5-13-20(14-6-16)31-19-11-3-15(4-12-19)21(24)27/h3-14H,1-2H3,(H2,24,27)(H,25,28). The van der Waals surface area contributed by atoms with Crippen LogP contribution in [0.5, 0.6) is 11.5 Å². The second-order valence-electron chi connectivity index (χ2n) is 6.55. The molecule has 0 fully saturated rings. The first-order valence-corrected chi connectivity index (χ1v) is 9.28. The zero-order chi connectivity index (χ0) is 22.4. The molecular weight excluding hydrogens is 398 g/mol. The van der Waals surface area contributed by atoms with Crippen LogP contribution in [0.15, 0.2) is 72.8 Å². The van der Waals surface area contributed by atoms with Crippen molar-refractivity contribution in [3.8, 4) is 11.5 Å². The molecule has 0 unspecified atom stereocenters. The predicted molar refractivity (Wildman–Crippen MR) is 117 cm³/mol. The van der Waals surface area contributed by atoms with Gasteiger partial charge in [-0.25, -0.2) is 4.79 Å². The molecule has 3 aromatic rings. The van der Waals surface area contributed by atoms with Crippen LogP contribution in [0.1, 0.15) is 20.7 Å². The molecule has 0 aromatic heterocycles. The molecule has 0 aliphatic rings. The van der Waals surface area contributed by atoms with E-state index in [1.54, 1.807) is 79.8 Å². The van der Waals surface area contributed by atoms with Crippen molar-refractivity contribution in [3.63, 3.8) is 0 Å². The van der Waals surface area contributed by atoms with Crippen LogP contribution in [0.2, 0.25) is 0 Å². The number of benzene rings is 3. The summed E-state index contributed by atoms with van der Waals surface area (Å²) in [5, 5.41) is 2.80. The second-order valence-corrected chi connectivity index (χ2v) is 6.55. The summed E-state index contributed by atoms with van der Waals surface area (Å²) in [7, 11) is 2.90. The lowest BCUT2D eigenvalue weighted by atomic mass is 10.2. The third kappa shape index (κ3) is 5.39. The fourth-order valence-electron chi connectivity index (χ4n) is 2.71. The highest BCUT2D eigenvalue weighted by Crippen LogP contribution is 2.23. The van der Waals surface area contributed by atoms with Crippen LogP contribution in [0, 0.1) is 0 Å². The maximum atomic E-state index is 12.5. The molecule has 0 saturated carbocycles. The molecule has 158 valence electrons. The van der Waals surface area contributed by atoms with E-state index >= 15 is 0 Å². The number of primary amides is 1. The quantitative estimate of drug-likeness (QED) is 0.627. The van der Waals surface area contributed by atoms with Crippen LogP contribution in [-0.4, -0.2) is 32.1 Å². The minimum atomic E-state index is -0.507. The topological polar surface area (TPSA) is 111 Å². The Morgan fingerprint density at radius 1 is 0.806 bits per heavy atom. The van der Waals surface area contributed by atoms with E-state index < -0.39 is 12.0 Å². The normalized spacial score (nSPS) is 10.1. The van der Waals surface area contributed by atoms with Gasteiger partial charge in [0.2, 0.25) is 5.91 Å². The Morgan fingerprint density at radius 2 is 1.32 bits per heavy atom. The monoisotopic (exact) mass is 419 g/mol. The van der Waals surface area contributed by atoms with Gasteiger partial charge >= 0.3 is 6.09 Å². The van der Waals surface area contributed by atoms with Gasteiger partial charge in [0.1, 0.15) is 11.5 Å². The molecule has 8 nitrogen and oxygen atoms in total. The number of carbonyl (C=O) groups is 3. The number of nitrogens with two attached hydrogens (primary N) is 1. The number of anilines is 2. The summed E-state index contributed by atoms with van der Waals surface area (Å²) in [6.45, 7) is 0. The van der Waals surface area contributed by atoms with Gasteiger partial charge in [0, 0.05) is 29.5 Å². The number of carbonyl (C=O) groups excluding carboxylic acids is 3. The van der Waals surface area contributed by atoms with Crippen LogP contribution >= 0.6 is 0 Å². The molecule has 0 heterocycles. The van der Waals surface area contributed by atoms with Crippen molar-refractivity contribution >= 4 is 29.3 Å². The Kier molecular flexibility index (Phi) is 6.51. The summed E-state index contributed by atoms with van der Waals surface area (Å²) in [5.74, 6) is 0.288. The Hall–Kier alpha value is -4.33. The molecule has 3 N–H and O–H groups in total. The second kappa shape index (κ2) is 9.45. The smallest absolute Gasteiger partial charge is 0.413 e. The summed E-state index contributed by atoms with van der Waals surface area (Å²) in [6, 6.07) is 19.9. The Morgan fingerprint density at radius 3 is 1.81 bits per heavy atom. The van der Waals surface area contributed by atoms with E-state index in [1.807, 2.05) is 0 Å². The lowest BCUT2D eigenvalue weighted by molar-refractivity contribution is 0.0997. The zero-order valence-electron chi connectivity index (χ0n) is 17.0. The first kappa shape index (κ1) is 21.4. The van der Waals surface area contributed by atoms with Crippen molar-refractivity contribution in [2.24, 2.45) is 5.73 Å². The molecule has 3 rings (SSSR count). The van der Waals surface area contributed by atoms with Gasteiger partial charge in [0.25, 0.3) is 5.91 Å². The average molecular weight is 419 g/mol. The van der Waals surface area contributed by atoms with Gasteiger partial charge in [0.15, 0.2) is 0 Å². The first-order valence-electron chi connectivity index (χ1n) is 9.28. The maximum Gasteiger partial charge on any atom is 0.413 e. The fraction of sp³-hybridized carbons (Fsp3) is 0.0870. The van der Waals surface area contributed by atoms with E-state index in [1.165, 1.54) is 12.0 Å². The van der Waals surface area contributed by atoms with Gasteiger partial charge < -0.3 is 20.5 Å². The van der Waals surface area contributed by atoms with Gasteiger partial charge in [-0.3, -0.25) is 14.5 Å². The van der Waals surface area contributed by atoms with Crippen molar-refractivity contribution < 1.29 is 23.9 Å². The number of ether oxygens (including phenoxy) is 2. The largest absolute Gasteiger partial charge is 0.457 e. The van der Waals surface area contributed by atoms with Crippen LogP contribution in [-0.2, 0) is 4.74 Å². The lowest BCUT2D eigenvalue weighted by Crippen LogP contribution is -2.25. The number of hydrogen-bond donors (Lipinski definition) is 2. The highest BCUT2D eigenvalue weighted by atomic mass is 16.5. The molecular formula is C23H21N3O5. The van der Waals surface area contributed by atoms with E-state index in [0.29, 0.717) is 34.0 Å². The summed E-state index contributed by atoms with van der Waals surface area (Å²) in [5.41, 5.74) is 7.28. The van der Waals surface area contributed by atoms with Crippen molar-refractivity contribution in [3.05, 3.63) is 83.9 Å². The molecule has 0 spiro atoms. The summed E-state index contributed by atoms with van der Waals surface area (Å²) in [6.07, 6.45) is -0.483. The Labute approximate surface area is 179 Å². The first-order chi connectivity index (χ1) is 14.9. The average Bonchev–Trinajstić information content (AvgIpc) is 2.79. The summed E-state index contributed by atoms with van der Waals surface area (Å²) in [4.78, 5) is 36.5. The van der Waals surface area contributed by atoms with Gasteiger partial charge in [-0.2, -0.15) is 0 Å². The van der Waals surface area contributed by atoms with E-state index in [0.717, 1.165) is 0 Å². The lowest BCUT2D eigenvalue weighted by Gasteiger charge is -2.16. The van der Waals surface area contributed by atoms with Crippen LogP contribution in [0.3, 0.4) is 0 Å². The molecule has 0 atom stereocenters. The van der Waals surface area contributed by atoms with Crippen molar-refractivity contribution in [1.29, 1.82) is 0 Å². The molecule has 0 aliphatic carbocycles. The van der Waals surface area contributed by atoms with Crippen molar-refractivity contribution in [2.75, 3.05) is 24.4 Å². The number of amides is 3.